The van der Waals surface area contributed by atoms with Gasteiger partial charge in [0.05, 0.1) is 11.4 Å². The van der Waals surface area contributed by atoms with Crippen LogP contribution in [0.4, 0.5) is 0 Å². The summed E-state index contributed by atoms with van der Waals surface area (Å²) in [5.41, 5.74) is 3.09. The van der Waals surface area contributed by atoms with Gasteiger partial charge in [0.1, 0.15) is 6.04 Å². The number of hydrogen-bond acceptors (Lipinski definition) is 4. The minimum Gasteiger partial charge on any atom is -0.480 e. The minimum absolute atomic E-state index is 0.260. The Morgan fingerprint density at radius 2 is 2.33 bits per heavy atom. The molecule has 3 unspecified atom stereocenters. The standard InChI is InChI=1S/C7H12N2O2.C2H2BrN/c10-7(11)6-5-1-3-8-9(6)4-2-5;3-1-2-4/h5-6,8H,1-4H2,(H,10,11);1H2. The molecule has 0 spiro atoms. The zero-order chi connectivity index (χ0) is 11.3. The fourth-order valence-corrected chi connectivity index (χ4v) is 2.06. The van der Waals surface area contributed by atoms with Gasteiger partial charge in [-0.05, 0) is 18.8 Å². The third-order valence-corrected chi connectivity index (χ3v) is 2.92. The lowest BCUT2D eigenvalue weighted by atomic mass is 9.96. The van der Waals surface area contributed by atoms with E-state index in [0.717, 1.165) is 25.9 Å². The number of nitrogens with zero attached hydrogens (tertiary/aromatic N) is 2. The molecule has 2 rings (SSSR count). The van der Waals surface area contributed by atoms with Gasteiger partial charge in [0, 0.05) is 13.1 Å². The molecule has 2 fully saturated rings. The van der Waals surface area contributed by atoms with E-state index in [-0.39, 0.29) is 6.04 Å². The molecule has 0 aliphatic carbocycles. The van der Waals surface area contributed by atoms with Gasteiger partial charge < -0.3 is 5.11 Å². The lowest BCUT2D eigenvalue weighted by Crippen LogP contribution is -2.51. The van der Waals surface area contributed by atoms with Gasteiger partial charge in [-0.25, -0.2) is 5.01 Å². The number of halogens is 1. The van der Waals surface area contributed by atoms with Crippen molar-refractivity contribution in [1.29, 1.82) is 5.26 Å². The van der Waals surface area contributed by atoms with Crippen LogP contribution in [0.5, 0.6) is 0 Å². The van der Waals surface area contributed by atoms with Gasteiger partial charge in [-0.3, -0.25) is 10.2 Å². The number of aliphatic carboxylic acids is 1. The number of alkyl halides is 1. The van der Waals surface area contributed by atoms with Crippen molar-refractivity contribution in [2.24, 2.45) is 5.92 Å². The van der Waals surface area contributed by atoms with E-state index < -0.39 is 5.97 Å². The van der Waals surface area contributed by atoms with Crippen molar-refractivity contribution < 1.29 is 9.90 Å². The molecule has 6 heteroatoms. The first kappa shape index (κ1) is 12.4. The Hall–Kier alpha value is -0.640. The first-order valence-corrected chi connectivity index (χ1v) is 5.98. The van der Waals surface area contributed by atoms with E-state index in [1.54, 1.807) is 0 Å². The highest BCUT2D eigenvalue weighted by atomic mass is 79.9. The zero-order valence-electron chi connectivity index (χ0n) is 8.32. The highest BCUT2D eigenvalue weighted by Gasteiger charge is 2.41. The molecule has 0 radical (unpaired) electrons. The molecule has 0 saturated carbocycles. The van der Waals surface area contributed by atoms with Gasteiger partial charge in [-0.2, -0.15) is 5.26 Å². The molecule has 2 bridgehead atoms. The fraction of sp³-hybridized carbons (Fsp3) is 0.778. The van der Waals surface area contributed by atoms with E-state index in [4.69, 9.17) is 10.4 Å². The van der Waals surface area contributed by atoms with E-state index in [2.05, 4.69) is 21.4 Å². The fourth-order valence-electron chi connectivity index (χ4n) is 2.06. The second-order valence-electron chi connectivity index (χ2n) is 3.51. The normalized spacial score (nSPS) is 32.4. The van der Waals surface area contributed by atoms with Gasteiger partial charge in [0.15, 0.2) is 0 Å². The van der Waals surface area contributed by atoms with E-state index in [9.17, 15) is 4.79 Å². The summed E-state index contributed by atoms with van der Waals surface area (Å²) in [6.07, 6.45) is 2.04. The van der Waals surface area contributed by atoms with Gasteiger partial charge in [-0.15, -0.1) is 0 Å². The number of carboxylic acid groups (broad SMARTS) is 1. The zero-order valence-corrected chi connectivity index (χ0v) is 9.90. The summed E-state index contributed by atoms with van der Waals surface area (Å²) in [5, 5.41) is 18.7. The maximum Gasteiger partial charge on any atom is 0.322 e. The second-order valence-corrected chi connectivity index (χ2v) is 4.07. The van der Waals surface area contributed by atoms with Crippen LogP contribution in [0.2, 0.25) is 0 Å². The highest BCUT2D eigenvalue weighted by molar-refractivity contribution is 9.09. The Morgan fingerprint density at radius 1 is 1.67 bits per heavy atom. The Kier molecular flexibility index (Phi) is 5.02. The molecule has 2 heterocycles. The largest absolute Gasteiger partial charge is 0.480 e. The molecule has 0 amide bonds. The van der Waals surface area contributed by atoms with Crippen LogP contribution in [0, 0.1) is 17.2 Å². The molecular weight excluding hydrogens is 262 g/mol. The minimum atomic E-state index is -0.681. The monoisotopic (exact) mass is 275 g/mol. The number of rotatable bonds is 1. The maximum absolute atomic E-state index is 10.7. The number of nitrogens with one attached hydrogen (secondary N) is 1. The van der Waals surface area contributed by atoms with Crippen LogP contribution in [-0.2, 0) is 4.79 Å². The smallest absolute Gasteiger partial charge is 0.322 e. The Balaban J connectivity index is 0.000000245. The van der Waals surface area contributed by atoms with E-state index >= 15 is 0 Å². The lowest BCUT2D eigenvalue weighted by molar-refractivity contribution is -0.146. The van der Waals surface area contributed by atoms with Gasteiger partial charge >= 0.3 is 5.97 Å². The average molecular weight is 276 g/mol. The van der Waals surface area contributed by atoms with Gasteiger partial charge in [-0.1, -0.05) is 15.9 Å². The molecule has 2 aliphatic heterocycles. The third kappa shape index (κ3) is 3.16. The summed E-state index contributed by atoms with van der Waals surface area (Å²) >= 11 is 2.89. The molecule has 2 N–H and O–H groups in total. The molecule has 5 nitrogen and oxygen atoms in total. The molecule has 0 aromatic rings. The molecular formula is C9H14BrN3O2. The molecule has 15 heavy (non-hydrogen) atoms. The third-order valence-electron chi connectivity index (χ3n) is 2.67. The summed E-state index contributed by atoms with van der Waals surface area (Å²) in [6.45, 7) is 1.83. The quantitative estimate of drug-likeness (QED) is 0.685. The lowest BCUT2D eigenvalue weighted by Gasteiger charge is -2.30. The van der Waals surface area contributed by atoms with Gasteiger partial charge in [0.25, 0.3) is 0 Å². The molecule has 2 saturated heterocycles. The summed E-state index contributed by atoms with van der Waals surface area (Å²) < 4.78 is 0. The van der Waals surface area contributed by atoms with Crippen molar-refractivity contribution in [3.05, 3.63) is 0 Å². The van der Waals surface area contributed by atoms with Crippen LogP contribution in [0.1, 0.15) is 12.8 Å². The van der Waals surface area contributed by atoms with E-state index in [1.807, 2.05) is 11.1 Å². The Morgan fingerprint density at radius 3 is 2.73 bits per heavy atom. The highest BCUT2D eigenvalue weighted by Crippen LogP contribution is 2.28. The van der Waals surface area contributed by atoms with Crippen molar-refractivity contribution in [3.8, 4) is 6.07 Å². The molecule has 3 atom stereocenters. The van der Waals surface area contributed by atoms with E-state index in [0.29, 0.717) is 11.2 Å². The van der Waals surface area contributed by atoms with Crippen molar-refractivity contribution in [2.75, 3.05) is 18.4 Å². The van der Waals surface area contributed by atoms with E-state index in [1.165, 1.54) is 0 Å². The molecule has 0 aromatic heterocycles. The van der Waals surface area contributed by atoms with Crippen LogP contribution >= 0.6 is 15.9 Å². The predicted octanol–water partition coefficient (Wildman–Crippen LogP) is 0.575. The number of fused-ring (bicyclic) bond motifs is 2. The number of carboxylic acids is 1. The summed E-state index contributed by atoms with van der Waals surface area (Å²) in [6, 6.07) is 1.59. The van der Waals surface area contributed by atoms with Crippen molar-refractivity contribution >= 4 is 21.9 Å². The first-order chi connectivity index (χ1) is 7.20. The van der Waals surface area contributed by atoms with Crippen molar-refractivity contribution in [2.45, 2.75) is 18.9 Å². The number of nitriles is 1. The average Bonchev–Trinajstić information content (AvgIpc) is 2.50. The predicted molar refractivity (Wildman–Crippen MR) is 58.3 cm³/mol. The van der Waals surface area contributed by atoms with Crippen LogP contribution in [0.15, 0.2) is 0 Å². The summed E-state index contributed by atoms with van der Waals surface area (Å²) in [7, 11) is 0. The molecule has 0 aromatic carbocycles. The van der Waals surface area contributed by atoms with Crippen LogP contribution in [0.25, 0.3) is 0 Å². The van der Waals surface area contributed by atoms with Crippen molar-refractivity contribution in [1.82, 2.24) is 10.4 Å². The topological polar surface area (TPSA) is 76.4 Å². The van der Waals surface area contributed by atoms with Crippen LogP contribution < -0.4 is 5.43 Å². The number of carbonyl (C=O) groups is 1. The molecule has 2 aliphatic rings. The SMILES string of the molecule is N#CCBr.O=C(O)C1C2CCNN1CC2. The van der Waals surface area contributed by atoms with Crippen molar-refractivity contribution in [3.63, 3.8) is 0 Å². The Bertz CT molecular complexity index is 251. The number of hydrogen-bond donors (Lipinski definition) is 2. The first-order valence-electron chi connectivity index (χ1n) is 4.86. The van der Waals surface area contributed by atoms with Crippen LogP contribution in [-0.4, -0.2) is 40.5 Å². The van der Waals surface area contributed by atoms with Crippen LogP contribution in [0.3, 0.4) is 0 Å². The molecule has 84 valence electrons. The summed E-state index contributed by atoms with van der Waals surface area (Å²) in [4.78, 5) is 10.7. The Labute approximate surface area is 97.1 Å². The van der Waals surface area contributed by atoms with Gasteiger partial charge in [0.2, 0.25) is 0 Å². The number of hydrazine groups is 1. The second kappa shape index (κ2) is 6.05. The summed E-state index contributed by atoms with van der Waals surface area (Å²) in [5.74, 6) is -0.298. The maximum atomic E-state index is 10.7.